The van der Waals surface area contributed by atoms with Crippen molar-refractivity contribution in [1.82, 2.24) is 8.87 Å². The molecule has 28 heavy (non-hydrogen) atoms. The third kappa shape index (κ3) is 4.11. The Hall–Kier alpha value is -2.22. The van der Waals surface area contributed by atoms with E-state index in [-0.39, 0.29) is 5.78 Å². The van der Waals surface area contributed by atoms with Crippen LogP contribution in [-0.2, 0) is 16.6 Å². The molecule has 7 heteroatoms. The van der Waals surface area contributed by atoms with Crippen molar-refractivity contribution in [2.75, 3.05) is 32.7 Å². The topological polar surface area (TPSA) is 63.8 Å². The van der Waals surface area contributed by atoms with E-state index < -0.39 is 10.0 Å². The van der Waals surface area contributed by atoms with Gasteiger partial charge in [-0.2, -0.15) is 4.31 Å². The minimum absolute atomic E-state index is 0.109. The standard InChI is InChI=1S/C21H27N3O3S/c1-4-10-24-17(2)15-20(18(24)3)21(25)16-22-11-13-23(14-12-22)28(26,27)19-8-6-5-7-9-19/h4-9,15H,1,10-14,16H2,2-3H3/p+1. The Morgan fingerprint density at radius 3 is 2.43 bits per heavy atom. The lowest BCUT2D eigenvalue weighted by molar-refractivity contribution is -0.895. The maximum Gasteiger partial charge on any atom is 0.243 e. The van der Waals surface area contributed by atoms with E-state index in [1.54, 1.807) is 30.3 Å². The van der Waals surface area contributed by atoms with Gasteiger partial charge in [-0.1, -0.05) is 24.3 Å². The van der Waals surface area contributed by atoms with Gasteiger partial charge in [0.2, 0.25) is 15.8 Å². The molecule has 3 rings (SSSR count). The monoisotopic (exact) mass is 402 g/mol. The summed E-state index contributed by atoms with van der Waals surface area (Å²) < 4.78 is 29.0. The summed E-state index contributed by atoms with van der Waals surface area (Å²) >= 11 is 0. The van der Waals surface area contributed by atoms with Crippen molar-refractivity contribution in [1.29, 1.82) is 0 Å². The maximum atomic E-state index is 12.8. The number of rotatable bonds is 7. The number of aromatic nitrogens is 1. The van der Waals surface area contributed by atoms with E-state index in [4.69, 9.17) is 0 Å². The summed E-state index contributed by atoms with van der Waals surface area (Å²) in [6.07, 6.45) is 1.83. The predicted molar refractivity (Wildman–Crippen MR) is 109 cm³/mol. The zero-order chi connectivity index (χ0) is 20.3. The number of piperazine rings is 1. The fourth-order valence-corrected chi connectivity index (χ4v) is 5.24. The van der Waals surface area contributed by atoms with Gasteiger partial charge in [0.1, 0.15) is 6.54 Å². The van der Waals surface area contributed by atoms with Gasteiger partial charge in [0.25, 0.3) is 0 Å². The summed E-state index contributed by atoms with van der Waals surface area (Å²) in [6, 6.07) is 10.5. The first-order valence-corrected chi connectivity index (χ1v) is 11.0. The van der Waals surface area contributed by atoms with Crippen LogP contribution in [0.5, 0.6) is 0 Å². The Kier molecular flexibility index (Phi) is 6.17. The molecule has 1 aliphatic heterocycles. The number of quaternary nitrogens is 1. The first-order chi connectivity index (χ1) is 13.3. The van der Waals surface area contributed by atoms with Crippen LogP contribution in [0.3, 0.4) is 0 Å². The molecular formula is C21H28N3O3S+. The molecule has 6 nitrogen and oxygen atoms in total. The Balaban J connectivity index is 1.62. The lowest BCUT2D eigenvalue weighted by Gasteiger charge is -2.31. The molecule has 1 aromatic heterocycles. The zero-order valence-electron chi connectivity index (χ0n) is 16.5. The van der Waals surface area contributed by atoms with Crippen LogP contribution >= 0.6 is 0 Å². The molecule has 2 aromatic rings. The van der Waals surface area contributed by atoms with E-state index in [0.29, 0.717) is 44.2 Å². The number of ketones is 1. The van der Waals surface area contributed by atoms with Gasteiger partial charge in [-0.3, -0.25) is 4.79 Å². The van der Waals surface area contributed by atoms with Gasteiger partial charge in [-0.05, 0) is 32.0 Å². The predicted octanol–water partition coefficient (Wildman–Crippen LogP) is 1.06. The Bertz CT molecular complexity index is 956. The van der Waals surface area contributed by atoms with Crippen molar-refractivity contribution in [2.24, 2.45) is 0 Å². The molecule has 150 valence electrons. The van der Waals surface area contributed by atoms with Crippen LogP contribution in [-0.4, -0.2) is 55.8 Å². The number of carbonyl (C=O) groups excluding carboxylic acids is 1. The van der Waals surface area contributed by atoms with E-state index in [1.165, 1.54) is 4.31 Å². The number of allylic oxidation sites excluding steroid dienone is 1. The Morgan fingerprint density at radius 1 is 1.18 bits per heavy atom. The van der Waals surface area contributed by atoms with Crippen LogP contribution in [0.2, 0.25) is 0 Å². The molecule has 1 saturated heterocycles. The number of sulfonamides is 1. The lowest BCUT2D eigenvalue weighted by atomic mass is 10.1. The third-order valence-corrected chi connectivity index (χ3v) is 7.32. The van der Waals surface area contributed by atoms with Crippen molar-refractivity contribution in [3.8, 4) is 0 Å². The number of carbonyl (C=O) groups is 1. The Morgan fingerprint density at radius 2 is 1.82 bits per heavy atom. The fraction of sp³-hybridized carbons (Fsp3) is 0.381. The highest BCUT2D eigenvalue weighted by atomic mass is 32.2. The highest BCUT2D eigenvalue weighted by Gasteiger charge is 2.31. The minimum atomic E-state index is -3.46. The molecule has 0 radical (unpaired) electrons. The smallest absolute Gasteiger partial charge is 0.243 e. The molecule has 0 atom stereocenters. The van der Waals surface area contributed by atoms with E-state index in [1.807, 2.05) is 26.0 Å². The van der Waals surface area contributed by atoms with Crippen molar-refractivity contribution in [3.05, 3.63) is 66.0 Å². The maximum absolute atomic E-state index is 12.8. The van der Waals surface area contributed by atoms with Crippen LogP contribution in [0.25, 0.3) is 0 Å². The number of benzene rings is 1. The average Bonchev–Trinajstić information content (AvgIpc) is 2.98. The van der Waals surface area contributed by atoms with Crippen molar-refractivity contribution < 1.29 is 18.1 Å². The van der Waals surface area contributed by atoms with Gasteiger partial charge in [0.15, 0.2) is 0 Å². The summed E-state index contributed by atoms with van der Waals surface area (Å²) in [6.45, 7) is 10.9. The van der Waals surface area contributed by atoms with Crippen LogP contribution in [0.15, 0.2) is 53.9 Å². The number of nitrogens with zero attached hydrogens (tertiary/aromatic N) is 2. The fourth-order valence-electron chi connectivity index (χ4n) is 3.78. The second kappa shape index (κ2) is 8.43. The number of hydrogen-bond acceptors (Lipinski definition) is 3. The highest BCUT2D eigenvalue weighted by Crippen LogP contribution is 2.16. The molecule has 0 saturated carbocycles. The van der Waals surface area contributed by atoms with Gasteiger partial charge in [0, 0.05) is 23.5 Å². The SMILES string of the molecule is C=CCn1c(C)cc(C(=O)C[NH+]2CCN(S(=O)(=O)c3ccccc3)CC2)c1C. The molecule has 0 amide bonds. The highest BCUT2D eigenvalue weighted by molar-refractivity contribution is 7.89. The summed E-state index contributed by atoms with van der Waals surface area (Å²) in [5.74, 6) is 0.109. The third-order valence-electron chi connectivity index (χ3n) is 5.41. The lowest BCUT2D eigenvalue weighted by Crippen LogP contribution is -3.15. The molecule has 0 unspecified atom stereocenters. The number of Topliss-reactive ketones (excluding diaryl/α,β-unsaturated/α-hetero) is 1. The van der Waals surface area contributed by atoms with Crippen molar-refractivity contribution in [3.63, 3.8) is 0 Å². The van der Waals surface area contributed by atoms with Crippen LogP contribution in [0, 0.1) is 13.8 Å². The molecule has 0 bridgehead atoms. The van der Waals surface area contributed by atoms with Crippen molar-refractivity contribution in [2.45, 2.75) is 25.3 Å². The molecular weight excluding hydrogens is 374 g/mol. The average molecular weight is 403 g/mol. The second-order valence-electron chi connectivity index (χ2n) is 7.25. The summed E-state index contributed by atoms with van der Waals surface area (Å²) in [5, 5.41) is 0. The van der Waals surface area contributed by atoms with E-state index >= 15 is 0 Å². The van der Waals surface area contributed by atoms with Gasteiger partial charge in [-0.25, -0.2) is 8.42 Å². The summed E-state index contributed by atoms with van der Waals surface area (Å²) in [7, 11) is -3.46. The quantitative estimate of drug-likeness (QED) is 0.557. The van der Waals surface area contributed by atoms with E-state index in [0.717, 1.165) is 21.9 Å². The molecule has 1 aliphatic rings. The van der Waals surface area contributed by atoms with Gasteiger partial charge < -0.3 is 9.47 Å². The largest absolute Gasteiger partial charge is 0.345 e. The Labute approximate surface area is 167 Å². The minimum Gasteiger partial charge on any atom is -0.345 e. The van der Waals surface area contributed by atoms with Gasteiger partial charge >= 0.3 is 0 Å². The van der Waals surface area contributed by atoms with E-state index in [9.17, 15) is 13.2 Å². The van der Waals surface area contributed by atoms with Crippen LogP contribution in [0.4, 0.5) is 0 Å². The molecule has 1 N–H and O–H groups in total. The van der Waals surface area contributed by atoms with E-state index in [2.05, 4.69) is 11.1 Å². The number of hydrogen-bond donors (Lipinski definition) is 1. The molecule has 0 spiro atoms. The molecule has 1 fully saturated rings. The van der Waals surface area contributed by atoms with Crippen LogP contribution < -0.4 is 4.90 Å². The van der Waals surface area contributed by atoms with Gasteiger partial charge in [0.05, 0.1) is 31.1 Å². The zero-order valence-corrected chi connectivity index (χ0v) is 17.3. The normalized spacial score (nSPS) is 16.2. The number of nitrogens with one attached hydrogen (secondary N) is 1. The van der Waals surface area contributed by atoms with Crippen molar-refractivity contribution >= 4 is 15.8 Å². The van der Waals surface area contributed by atoms with Crippen LogP contribution in [0.1, 0.15) is 21.7 Å². The first-order valence-electron chi connectivity index (χ1n) is 9.54. The second-order valence-corrected chi connectivity index (χ2v) is 9.19. The van der Waals surface area contributed by atoms with Gasteiger partial charge in [-0.15, -0.1) is 6.58 Å². The summed E-state index contributed by atoms with van der Waals surface area (Å²) in [4.78, 5) is 14.3. The number of aryl methyl sites for hydroxylation is 1. The molecule has 2 heterocycles. The first kappa shape index (κ1) is 20.5. The summed E-state index contributed by atoms with van der Waals surface area (Å²) in [5.41, 5.74) is 2.77. The molecule has 0 aliphatic carbocycles. The molecule has 1 aromatic carbocycles.